The fourth-order valence-electron chi connectivity index (χ4n) is 2.58. The minimum Gasteiger partial charge on any atom is -0.370 e. The third-order valence-corrected chi connectivity index (χ3v) is 4.06. The highest BCUT2D eigenvalue weighted by molar-refractivity contribution is 6.31. The van der Waals surface area contributed by atoms with E-state index in [0.29, 0.717) is 30.4 Å². The molecule has 1 atom stereocenters. The molecule has 1 aliphatic rings. The summed E-state index contributed by atoms with van der Waals surface area (Å²) >= 11 is 6.23. The van der Waals surface area contributed by atoms with Crippen molar-refractivity contribution in [2.45, 2.75) is 13.0 Å². The first-order valence-corrected chi connectivity index (χ1v) is 7.62. The van der Waals surface area contributed by atoms with Gasteiger partial charge in [0.25, 0.3) is 5.91 Å². The highest BCUT2D eigenvalue weighted by Crippen LogP contribution is 2.28. The van der Waals surface area contributed by atoms with Crippen molar-refractivity contribution < 1.29 is 9.53 Å². The van der Waals surface area contributed by atoms with Crippen molar-refractivity contribution in [1.29, 1.82) is 0 Å². The summed E-state index contributed by atoms with van der Waals surface area (Å²) in [5.74, 6) is -0.0657. The fraction of sp³-hybridized carbons (Fsp3) is 0.294. The minimum atomic E-state index is -0.198. The zero-order chi connectivity index (χ0) is 15.5. The number of carbonyl (C=O) groups is 1. The lowest BCUT2D eigenvalue weighted by atomic mass is 10.1. The second-order valence-corrected chi connectivity index (χ2v) is 5.70. The topological polar surface area (TPSA) is 42.4 Å². The third kappa shape index (κ3) is 3.13. The van der Waals surface area contributed by atoms with Crippen LogP contribution in [0.25, 0.3) is 0 Å². The van der Waals surface area contributed by atoms with E-state index < -0.39 is 0 Å². The maximum absolute atomic E-state index is 12.6. The summed E-state index contributed by atoms with van der Waals surface area (Å²) in [6.45, 7) is 3.42. The van der Waals surface area contributed by atoms with Gasteiger partial charge in [-0.25, -0.2) is 4.98 Å². The summed E-state index contributed by atoms with van der Waals surface area (Å²) < 4.78 is 5.79. The normalized spacial score (nSPS) is 18.3. The van der Waals surface area contributed by atoms with Gasteiger partial charge in [0.1, 0.15) is 11.8 Å². The van der Waals surface area contributed by atoms with E-state index in [0.717, 1.165) is 11.3 Å². The Labute approximate surface area is 134 Å². The Balaban J connectivity index is 1.78. The van der Waals surface area contributed by atoms with Crippen LogP contribution < -0.4 is 0 Å². The lowest BCUT2D eigenvalue weighted by Crippen LogP contribution is -2.42. The molecule has 0 bridgehead atoms. The third-order valence-electron chi connectivity index (χ3n) is 3.71. The van der Waals surface area contributed by atoms with Crippen LogP contribution in [0.3, 0.4) is 0 Å². The molecule has 2 aromatic rings. The van der Waals surface area contributed by atoms with E-state index in [4.69, 9.17) is 16.3 Å². The molecule has 1 aromatic heterocycles. The van der Waals surface area contributed by atoms with Crippen LogP contribution in [0.15, 0.2) is 42.5 Å². The number of carbonyl (C=O) groups excluding carboxylic acids is 1. The molecule has 1 aromatic carbocycles. The van der Waals surface area contributed by atoms with E-state index >= 15 is 0 Å². The van der Waals surface area contributed by atoms with Gasteiger partial charge in [0.15, 0.2) is 0 Å². The Kier molecular flexibility index (Phi) is 4.41. The van der Waals surface area contributed by atoms with Crippen molar-refractivity contribution >= 4 is 17.5 Å². The van der Waals surface area contributed by atoms with Crippen molar-refractivity contribution in [1.82, 2.24) is 9.88 Å². The number of ether oxygens (including phenoxy) is 1. The van der Waals surface area contributed by atoms with Gasteiger partial charge in [-0.15, -0.1) is 0 Å². The predicted molar refractivity (Wildman–Crippen MR) is 85.0 cm³/mol. The van der Waals surface area contributed by atoms with Crippen LogP contribution in [0.2, 0.25) is 5.02 Å². The lowest BCUT2D eigenvalue weighted by molar-refractivity contribution is -0.0229. The molecular weight excluding hydrogens is 300 g/mol. The van der Waals surface area contributed by atoms with E-state index in [1.165, 1.54) is 0 Å². The molecule has 0 unspecified atom stereocenters. The highest BCUT2D eigenvalue weighted by Gasteiger charge is 2.27. The molecule has 0 aliphatic carbocycles. The predicted octanol–water partition coefficient (Wildman–Crippen LogP) is 3.26. The summed E-state index contributed by atoms with van der Waals surface area (Å²) in [4.78, 5) is 18.7. The molecule has 1 fully saturated rings. The number of halogens is 1. The van der Waals surface area contributed by atoms with Crippen LogP contribution in [-0.4, -0.2) is 35.5 Å². The van der Waals surface area contributed by atoms with Crippen LogP contribution in [0.1, 0.15) is 27.8 Å². The standard InChI is InChI=1S/C17H17ClN2O2/c1-12-5-4-8-15(19-12)17(21)20-9-10-22-16(11-20)13-6-2-3-7-14(13)18/h2-8,16H,9-11H2,1H3/t16-/m0/s1. The van der Waals surface area contributed by atoms with Crippen LogP contribution in [-0.2, 0) is 4.74 Å². The Morgan fingerprint density at radius 3 is 2.86 bits per heavy atom. The summed E-state index contributed by atoms with van der Waals surface area (Å²) in [5, 5.41) is 0.662. The Bertz CT molecular complexity index is 690. The fourth-order valence-corrected chi connectivity index (χ4v) is 2.84. The number of hydrogen-bond donors (Lipinski definition) is 0. The van der Waals surface area contributed by atoms with Gasteiger partial charge in [-0.1, -0.05) is 35.9 Å². The number of benzene rings is 1. The molecule has 0 N–H and O–H groups in total. The molecule has 114 valence electrons. The highest BCUT2D eigenvalue weighted by atomic mass is 35.5. The van der Waals surface area contributed by atoms with Gasteiger partial charge in [0.2, 0.25) is 0 Å². The number of rotatable bonds is 2. The Morgan fingerprint density at radius 1 is 1.27 bits per heavy atom. The van der Waals surface area contributed by atoms with Gasteiger partial charge in [-0.3, -0.25) is 4.79 Å². The SMILES string of the molecule is Cc1cccc(C(=O)N2CCO[C@H](c3ccccc3Cl)C2)n1. The number of pyridine rings is 1. The molecule has 5 heteroatoms. The van der Waals surface area contributed by atoms with Crippen molar-refractivity contribution in [3.05, 3.63) is 64.4 Å². The van der Waals surface area contributed by atoms with Crippen LogP contribution in [0.5, 0.6) is 0 Å². The van der Waals surface area contributed by atoms with E-state index in [2.05, 4.69) is 4.98 Å². The van der Waals surface area contributed by atoms with Gasteiger partial charge in [0, 0.05) is 22.8 Å². The molecule has 0 radical (unpaired) electrons. The first-order chi connectivity index (χ1) is 10.6. The van der Waals surface area contributed by atoms with Crippen LogP contribution >= 0.6 is 11.6 Å². The van der Waals surface area contributed by atoms with E-state index in [1.807, 2.05) is 43.3 Å². The molecule has 2 heterocycles. The zero-order valence-electron chi connectivity index (χ0n) is 12.3. The number of aromatic nitrogens is 1. The van der Waals surface area contributed by atoms with E-state index in [9.17, 15) is 4.79 Å². The van der Waals surface area contributed by atoms with Gasteiger partial charge < -0.3 is 9.64 Å². The van der Waals surface area contributed by atoms with Gasteiger partial charge in [0.05, 0.1) is 13.2 Å². The number of hydrogen-bond acceptors (Lipinski definition) is 3. The second-order valence-electron chi connectivity index (χ2n) is 5.30. The quantitative estimate of drug-likeness (QED) is 0.854. The molecule has 3 rings (SSSR count). The molecule has 0 saturated carbocycles. The van der Waals surface area contributed by atoms with Gasteiger partial charge in [-0.05, 0) is 25.1 Å². The molecular formula is C17H17ClN2O2. The minimum absolute atomic E-state index is 0.0657. The molecule has 1 aliphatic heterocycles. The maximum Gasteiger partial charge on any atom is 0.272 e. The Hall–Kier alpha value is -1.91. The largest absolute Gasteiger partial charge is 0.370 e. The van der Waals surface area contributed by atoms with E-state index in [1.54, 1.807) is 11.0 Å². The number of nitrogens with zero attached hydrogens (tertiary/aromatic N) is 2. The zero-order valence-corrected chi connectivity index (χ0v) is 13.1. The molecule has 1 amide bonds. The Morgan fingerprint density at radius 2 is 2.09 bits per heavy atom. The first kappa shape index (κ1) is 15.0. The molecule has 1 saturated heterocycles. The van der Waals surface area contributed by atoms with Gasteiger partial charge >= 0.3 is 0 Å². The smallest absolute Gasteiger partial charge is 0.272 e. The van der Waals surface area contributed by atoms with Crippen molar-refractivity contribution in [3.63, 3.8) is 0 Å². The summed E-state index contributed by atoms with van der Waals surface area (Å²) in [6, 6.07) is 13.1. The average Bonchev–Trinajstić information content (AvgIpc) is 2.55. The van der Waals surface area contributed by atoms with Crippen molar-refractivity contribution in [2.24, 2.45) is 0 Å². The number of aryl methyl sites for hydroxylation is 1. The average molecular weight is 317 g/mol. The summed E-state index contributed by atoms with van der Waals surface area (Å²) in [5.41, 5.74) is 2.22. The maximum atomic E-state index is 12.6. The monoisotopic (exact) mass is 316 g/mol. The van der Waals surface area contributed by atoms with Crippen LogP contribution in [0.4, 0.5) is 0 Å². The van der Waals surface area contributed by atoms with Crippen molar-refractivity contribution in [3.8, 4) is 0 Å². The second kappa shape index (κ2) is 6.46. The lowest BCUT2D eigenvalue weighted by Gasteiger charge is -2.33. The number of amides is 1. The molecule has 4 nitrogen and oxygen atoms in total. The molecule has 0 spiro atoms. The van der Waals surface area contributed by atoms with E-state index in [-0.39, 0.29) is 12.0 Å². The van der Waals surface area contributed by atoms with Crippen molar-refractivity contribution in [2.75, 3.05) is 19.7 Å². The summed E-state index contributed by atoms with van der Waals surface area (Å²) in [7, 11) is 0. The summed E-state index contributed by atoms with van der Waals surface area (Å²) in [6.07, 6.45) is -0.198. The molecule has 22 heavy (non-hydrogen) atoms. The van der Waals surface area contributed by atoms with Crippen LogP contribution in [0, 0.1) is 6.92 Å². The first-order valence-electron chi connectivity index (χ1n) is 7.24. The number of morpholine rings is 1. The van der Waals surface area contributed by atoms with Gasteiger partial charge in [-0.2, -0.15) is 0 Å².